The van der Waals surface area contributed by atoms with Crippen LogP contribution in [0.2, 0.25) is 0 Å². The molecule has 8 amide bonds. The zero-order valence-corrected chi connectivity index (χ0v) is 46.7. The zero-order chi connectivity index (χ0) is 61.7. The summed E-state index contributed by atoms with van der Waals surface area (Å²) in [5, 5.41) is 61.0. The predicted octanol–water partition coefficient (Wildman–Crippen LogP) is -0.609. The highest BCUT2D eigenvalue weighted by Crippen LogP contribution is 2.21. The smallest absolute Gasteiger partial charge is 0.326 e. The first-order valence-corrected chi connectivity index (χ1v) is 27.2. The minimum atomic E-state index is -1.69. The lowest BCUT2D eigenvalue weighted by Crippen LogP contribution is -2.61. The Kier molecular flexibility index (Phi) is 23.2. The number of nitrogens with one attached hydrogen (secondary N) is 11. The number of aromatic nitrogens is 5. The minimum absolute atomic E-state index is 0.0499. The fraction of sp³-hybridized carbons (Fsp3) is 0.368. The molecule has 0 aliphatic heterocycles. The second-order valence-electron chi connectivity index (χ2n) is 20.4. The van der Waals surface area contributed by atoms with Crippen LogP contribution in [0, 0.1) is 5.92 Å². The Balaban J connectivity index is 1.22. The summed E-state index contributed by atoms with van der Waals surface area (Å²) in [5.41, 5.74) is 8.54. The van der Waals surface area contributed by atoms with E-state index in [0.717, 1.165) is 0 Å². The third-order valence-corrected chi connectivity index (χ3v) is 14.0. The van der Waals surface area contributed by atoms with Gasteiger partial charge in [0, 0.05) is 79.4 Å². The molecule has 0 aliphatic rings. The number of fused-ring (bicyclic) bond motifs is 1. The van der Waals surface area contributed by atoms with Gasteiger partial charge in [0.2, 0.25) is 47.3 Å². The summed E-state index contributed by atoms with van der Waals surface area (Å²) in [7, 11) is 0. The van der Waals surface area contributed by atoms with Gasteiger partial charge in [0.25, 0.3) is 0 Å². The number of H-pyrrole nitrogens is 3. The fourth-order valence-electron chi connectivity index (χ4n) is 9.03. The molecular formula is C57H70N14O14. The topological polar surface area (TPSA) is 447 Å². The number of aromatic amines is 3. The Morgan fingerprint density at radius 3 is 1.52 bits per heavy atom. The van der Waals surface area contributed by atoms with Gasteiger partial charge in [0.05, 0.1) is 19.2 Å². The molecule has 0 aliphatic carbocycles. The molecule has 6 rings (SSSR count). The first-order valence-electron chi connectivity index (χ1n) is 27.2. The molecular weight excluding hydrogens is 1100 g/mol. The van der Waals surface area contributed by atoms with Crippen LogP contribution in [0.15, 0.2) is 104 Å². The number of phenolic OH excluding ortho intramolecular Hbond substituents is 2. The summed E-state index contributed by atoms with van der Waals surface area (Å²) in [6, 6.07) is 6.84. The van der Waals surface area contributed by atoms with Gasteiger partial charge in [-0.25, -0.2) is 14.8 Å². The molecule has 3 aromatic carbocycles. The molecule has 0 radical (unpaired) electrons. The number of carboxylic acids is 2. The minimum Gasteiger partial charge on any atom is -0.508 e. The Hall–Kier alpha value is -10.1. The lowest BCUT2D eigenvalue weighted by Gasteiger charge is -2.28. The van der Waals surface area contributed by atoms with E-state index < -0.39 is 133 Å². The van der Waals surface area contributed by atoms with Crippen molar-refractivity contribution in [3.05, 3.63) is 132 Å². The van der Waals surface area contributed by atoms with Gasteiger partial charge in [-0.05, 0) is 66.3 Å². The summed E-state index contributed by atoms with van der Waals surface area (Å²) in [6.07, 6.45) is 5.33. The molecule has 0 bridgehead atoms. The number of carboxylic acid groups (broad SMARTS) is 2. The van der Waals surface area contributed by atoms with Gasteiger partial charge in [0.15, 0.2) is 0 Å². The number of hydrogen-bond acceptors (Lipinski definition) is 15. The summed E-state index contributed by atoms with van der Waals surface area (Å²) in [5.74, 6) is -10.6. The standard InChI is InChI=1S/C57H70N14O14/c1-4-30(2)49(56(83)70-46(57(84)85)23-36-27-60-29-63-36)71-55(82)44(21-34-25-61-40-8-6-5-7-39(34)40)67-50(77)31(3)64-51(78)41(17-18-48(75)76)66-53(80)43(20-33-11-15-38(73)16-12-33)68-54(81)45(22-35-26-59-28-62-35)69-52(79)42(65-47(74)24-58)19-32-9-13-37(72)14-10-32/h5-16,25-31,41-46,49,61,72-73H,4,17-24,58H2,1-3H3,(H,59,62)(H,60,63)(H,64,78)(H,65,74)(H,66,80)(H,67,77)(H,68,81)(H,69,79)(H,70,83)(H,71,82)(H,75,76)(H,84,85)/t30-,31-,41-,42-,43-,44-,45-,46-,49-/m0/s1. The van der Waals surface area contributed by atoms with E-state index in [0.29, 0.717) is 45.4 Å². The Labute approximate surface area is 486 Å². The summed E-state index contributed by atoms with van der Waals surface area (Å²) < 4.78 is 0. The maximum Gasteiger partial charge on any atom is 0.326 e. The van der Waals surface area contributed by atoms with Gasteiger partial charge in [-0.3, -0.25) is 43.2 Å². The van der Waals surface area contributed by atoms with E-state index in [-0.39, 0.29) is 43.6 Å². The molecule has 0 saturated heterocycles. The highest BCUT2D eigenvalue weighted by atomic mass is 16.4. The predicted molar refractivity (Wildman–Crippen MR) is 304 cm³/mol. The van der Waals surface area contributed by atoms with Gasteiger partial charge in [0.1, 0.15) is 59.8 Å². The molecule has 452 valence electrons. The summed E-state index contributed by atoms with van der Waals surface area (Å²) >= 11 is 0. The van der Waals surface area contributed by atoms with Crippen LogP contribution < -0.4 is 48.3 Å². The van der Waals surface area contributed by atoms with Crippen molar-refractivity contribution in [2.75, 3.05) is 6.54 Å². The molecule has 28 nitrogen and oxygen atoms in total. The quantitative estimate of drug-likeness (QED) is 0.0251. The third kappa shape index (κ3) is 19.2. The lowest BCUT2D eigenvalue weighted by molar-refractivity contribution is -0.142. The molecule has 85 heavy (non-hydrogen) atoms. The van der Waals surface area contributed by atoms with Crippen LogP contribution in [0.3, 0.4) is 0 Å². The van der Waals surface area contributed by atoms with E-state index in [1.54, 1.807) is 44.3 Å². The van der Waals surface area contributed by atoms with Crippen molar-refractivity contribution in [3.63, 3.8) is 0 Å². The SMILES string of the molecule is CC[C@H](C)[C@H](NC(=O)[C@H](Cc1c[nH]c2ccccc12)NC(=O)[C@H](C)NC(=O)[C@H](CCC(=O)O)NC(=O)[C@H](Cc1ccc(O)cc1)NC(=O)[C@H](Cc1cnc[nH]1)NC(=O)[C@H](Cc1ccc(O)cc1)NC(=O)CN)C(=O)N[C@@H](Cc1cnc[nH]1)C(=O)O. The Morgan fingerprint density at radius 2 is 1.00 bits per heavy atom. The number of aromatic hydroxyl groups is 2. The first kappa shape index (κ1) is 64.1. The molecule has 0 saturated carbocycles. The Bertz CT molecular complexity index is 3260. The molecule has 0 unspecified atom stereocenters. The van der Waals surface area contributed by atoms with Crippen molar-refractivity contribution in [1.82, 2.24) is 67.5 Å². The molecule has 0 fully saturated rings. The van der Waals surface area contributed by atoms with Crippen molar-refractivity contribution in [3.8, 4) is 11.5 Å². The Morgan fingerprint density at radius 1 is 0.529 bits per heavy atom. The lowest BCUT2D eigenvalue weighted by atomic mass is 9.96. The van der Waals surface area contributed by atoms with Crippen molar-refractivity contribution in [1.29, 1.82) is 0 Å². The van der Waals surface area contributed by atoms with Crippen molar-refractivity contribution >= 4 is 70.1 Å². The largest absolute Gasteiger partial charge is 0.508 e. The summed E-state index contributed by atoms with van der Waals surface area (Å²) in [6.45, 7) is 4.23. The second-order valence-corrected chi connectivity index (χ2v) is 20.4. The number of amides is 8. The number of para-hydroxylation sites is 1. The summed E-state index contributed by atoms with van der Waals surface area (Å²) in [4.78, 5) is 153. The third-order valence-electron chi connectivity index (χ3n) is 14.0. The number of rotatable bonds is 32. The number of benzene rings is 3. The van der Waals surface area contributed by atoms with E-state index in [9.17, 15) is 68.4 Å². The van der Waals surface area contributed by atoms with Gasteiger partial charge >= 0.3 is 11.9 Å². The molecule has 9 atom stereocenters. The molecule has 3 aromatic heterocycles. The average Bonchev–Trinajstić information content (AvgIpc) is 4.46. The molecule has 0 spiro atoms. The van der Waals surface area contributed by atoms with E-state index in [1.165, 1.54) is 80.5 Å². The van der Waals surface area contributed by atoms with Crippen LogP contribution in [-0.4, -0.2) is 159 Å². The number of phenols is 2. The van der Waals surface area contributed by atoms with Crippen LogP contribution >= 0.6 is 0 Å². The first-order chi connectivity index (χ1) is 40.6. The maximum atomic E-state index is 14.5. The fourth-order valence-corrected chi connectivity index (χ4v) is 9.03. The average molecular weight is 1180 g/mol. The molecule has 3 heterocycles. The van der Waals surface area contributed by atoms with Crippen molar-refractivity contribution in [2.45, 2.75) is 120 Å². The van der Waals surface area contributed by atoms with Crippen LogP contribution in [0.4, 0.5) is 0 Å². The van der Waals surface area contributed by atoms with Gasteiger partial charge < -0.3 is 83.6 Å². The highest BCUT2D eigenvalue weighted by Gasteiger charge is 2.36. The monoisotopic (exact) mass is 1170 g/mol. The normalized spacial score (nSPS) is 14.3. The maximum absolute atomic E-state index is 14.5. The number of aliphatic carboxylic acids is 2. The van der Waals surface area contributed by atoms with Crippen molar-refractivity contribution in [2.24, 2.45) is 11.7 Å². The van der Waals surface area contributed by atoms with Gasteiger partial charge in [-0.2, -0.15) is 0 Å². The van der Waals surface area contributed by atoms with Crippen LogP contribution in [-0.2, 0) is 80.0 Å². The number of nitrogens with two attached hydrogens (primary N) is 1. The number of hydrogen-bond donors (Lipinski definition) is 16. The van der Waals surface area contributed by atoms with Gasteiger partial charge in [-0.15, -0.1) is 0 Å². The van der Waals surface area contributed by atoms with Gasteiger partial charge in [-0.1, -0.05) is 62.7 Å². The molecule has 28 heteroatoms. The second kappa shape index (κ2) is 30.8. The van der Waals surface area contributed by atoms with E-state index in [1.807, 2.05) is 0 Å². The highest BCUT2D eigenvalue weighted by molar-refractivity contribution is 5.98. The zero-order valence-electron chi connectivity index (χ0n) is 46.7. The van der Waals surface area contributed by atoms with Crippen LogP contribution in [0.5, 0.6) is 11.5 Å². The number of imidazole rings is 2. The number of carbonyl (C=O) groups is 10. The number of carbonyl (C=O) groups excluding carboxylic acids is 8. The van der Waals surface area contributed by atoms with E-state index in [4.69, 9.17) is 5.73 Å². The number of nitrogens with zero attached hydrogens (tertiary/aromatic N) is 2. The van der Waals surface area contributed by atoms with E-state index >= 15 is 0 Å². The molecule has 6 aromatic rings. The van der Waals surface area contributed by atoms with Crippen LogP contribution in [0.1, 0.15) is 68.1 Å². The van der Waals surface area contributed by atoms with Crippen LogP contribution in [0.25, 0.3) is 10.9 Å². The molecule has 17 N–H and O–H groups in total. The van der Waals surface area contributed by atoms with E-state index in [2.05, 4.69) is 67.5 Å². The van der Waals surface area contributed by atoms with Crippen molar-refractivity contribution < 1.29 is 68.4 Å².